The van der Waals surface area contributed by atoms with Crippen molar-refractivity contribution in [3.8, 4) is 0 Å². The van der Waals surface area contributed by atoms with Gasteiger partial charge in [-0.2, -0.15) is 0 Å². The molecule has 21 heavy (non-hydrogen) atoms. The third-order valence-corrected chi connectivity index (χ3v) is 7.09. The second kappa shape index (κ2) is 6.36. The van der Waals surface area contributed by atoms with Crippen molar-refractivity contribution in [2.24, 2.45) is 17.6 Å². The summed E-state index contributed by atoms with van der Waals surface area (Å²) in [6.07, 6.45) is 1.97. The van der Waals surface area contributed by atoms with Gasteiger partial charge in [0.15, 0.2) is 0 Å². The van der Waals surface area contributed by atoms with Crippen LogP contribution in [0, 0.1) is 18.8 Å². The minimum Gasteiger partial charge on any atom is -0.326 e. The van der Waals surface area contributed by atoms with E-state index in [1.807, 2.05) is 6.07 Å². The molecule has 2 rings (SSSR count). The zero-order valence-corrected chi connectivity index (χ0v) is 15.1. The van der Waals surface area contributed by atoms with Crippen LogP contribution < -0.4 is 10.5 Å². The molecule has 1 aromatic rings. The molecule has 0 spiro atoms. The predicted octanol–water partition coefficient (Wildman–Crippen LogP) is 2.93. The van der Waals surface area contributed by atoms with E-state index in [-0.39, 0.29) is 6.04 Å². The van der Waals surface area contributed by atoms with E-state index in [2.05, 4.69) is 34.5 Å². The summed E-state index contributed by atoms with van der Waals surface area (Å²) in [5, 5.41) is 0. The van der Waals surface area contributed by atoms with E-state index in [9.17, 15) is 8.42 Å². The number of halogens is 1. The highest BCUT2D eigenvalue weighted by molar-refractivity contribution is 9.10. The van der Waals surface area contributed by atoms with Crippen LogP contribution in [0.4, 0.5) is 0 Å². The van der Waals surface area contributed by atoms with Crippen LogP contribution in [-0.2, 0) is 16.6 Å². The van der Waals surface area contributed by atoms with Crippen LogP contribution in [0.1, 0.15) is 37.8 Å². The third-order valence-electron chi connectivity index (χ3n) is 4.65. The number of nitrogens with one attached hydrogen (secondary N) is 1. The molecule has 0 bridgehead atoms. The topological polar surface area (TPSA) is 72.2 Å². The molecule has 1 aliphatic rings. The van der Waals surface area contributed by atoms with Crippen molar-refractivity contribution in [2.75, 3.05) is 0 Å². The molecule has 3 unspecified atom stereocenters. The van der Waals surface area contributed by atoms with E-state index in [0.717, 1.165) is 28.4 Å². The van der Waals surface area contributed by atoms with Crippen molar-refractivity contribution in [3.63, 3.8) is 0 Å². The second-order valence-electron chi connectivity index (χ2n) is 6.05. The molecule has 1 aliphatic carbocycles. The van der Waals surface area contributed by atoms with Gasteiger partial charge in [-0.3, -0.25) is 0 Å². The van der Waals surface area contributed by atoms with E-state index in [1.165, 1.54) is 0 Å². The van der Waals surface area contributed by atoms with Gasteiger partial charge in [0.2, 0.25) is 10.0 Å². The summed E-state index contributed by atoms with van der Waals surface area (Å²) < 4.78 is 29.1. The van der Waals surface area contributed by atoms with E-state index in [4.69, 9.17) is 5.73 Å². The first-order chi connectivity index (χ1) is 9.76. The first-order valence-electron chi connectivity index (χ1n) is 7.27. The Bertz CT molecular complexity index is 631. The number of hydrogen-bond acceptors (Lipinski definition) is 3. The molecular formula is C15H23BrN2O2S. The van der Waals surface area contributed by atoms with Crippen LogP contribution in [0.2, 0.25) is 0 Å². The van der Waals surface area contributed by atoms with Gasteiger partial charge in [-0.05, 0) is 54.9 Å². The van der Waals surface area contributed by atoms with Crippen molar-refractivity contribution in [3.05, 3.63) is 27.7 Å². The maximum atomic E-state index is 12.7. The van der Waals surface area contributed by atoms with Crippen LogP contribution in [-0.4, -0.2) is 14.5 Å². The van der Waals surface area contributed by atoms with Crippen LogP contribution in [0.5, 0.6) is 0 Å². The van der Waals surface area contributed by atoms with Gasteiger partial charge in [-0.1, -0.05) is 29.8 Å². The first kappa shape index (κ1) is 16.9. The molecule has 3 N–H and O–H groups in total. The van der Waals surface area contributed by atoms with E-state index in [1.54, 1.807) is 13.0 Å². The van der Waals surface area contributed by atoms with E-state index >= 15 is 0 Å². The summed E-state index contributed by atoms with van der Waals surface area (Å²) in [7, 11) is -3.52. The average Bonchev–Trinajstić information content (AvgIpc) is 2.73. The molecule has 6 heteroatoms. The van der Waals surface area contributed by atoms with Crippen LogP contribution in [0.15, 0.2) is 21.5 Å². The maximum absolute atomic E-state index is 12.7. The van der Waals surface area contributed by atoms with Gasteiger partial charge in [-0.15, -0.1) is 0 Å². The number of sulfonamides is 1. The maximum Gasteiger partial charge on any atom is 0.241 e. The number of rotatable bonds is 4. The fourth-order valence-electron chi connectivity index (χ4n) is 2.90. The lowest BCUT2D eigenvalue weighted by Gasteiger charge is -2.21. The normalized spacial score (nSPS) is 26.2. The molecule has 1 fully saturated rings. The summed E-state index contributed by atoms with van der Waals surface area (Å²) in [5.41, 5.74) is 7.18. The molecule has 0 heterocycles. The summed E-state index contributed by atoms with van der Waals surface area (Å²) in [6.45, 7) is 6.41. The molecule has 3 atom stereocenters. The lowest BCUT2D eigenvalue weighted by Crippen LogP contribution is -2.37. The largest absolute Gasteiger partial charge is 0.326 e. The van der Waals surface area contributed by atoms with Gasteiger partial charge < -0.3 is 5.73 Å². The highest BCUT2D eigenvalue weighted by atomic mass is 79.9. The van der Waals surface area contributed by atoms with Gasteiger partial charge in [-0.25, -0.2) is 13.1 Å². The second-order valence-corrected chi connectivity index (χ2v) is 8.58. The molecule has 118 valence electrons. The van der Waals surface area contributed by atoms with Gasteiger partial charge in [0.05, 0.1) is 4.90 Å². The Balaban J connectivity index is 2.34. The minimum atomic E-state index is -3.52. The Labute approximate surface area is 135 Å². The first-order valence-corrected chi connectivity index (χ1v) is 9.55. The van der Waals surface area contributed by atoms with E-state index in [0.29, 0.717) is 23.3 Å². The molecule has 0 aliphatic heterocycles. The fourth-order valence-corrected chi connectivity index (χ4v) is 5.21. The molecule has 0 radical (unpaired) electrons. The lowest BCUT2D eigenvalue weighted by molar-refractivity contribution is 0.402. The predicted molar refractivity (Wildman–Crippen MR) is 88.4 cm³/mol. The van der Waals surface area contributed by atoms with Gasteiger partial charge in [0.1, 0.15) is 0 Å². The molecule has 1 aromatic carbocycles. The van der Waals surface area contributed by atoms with Crippen molar-refractivity contribution >= 4 is 26.0 Å². The molecular weight excluding hydrogens is 352 g/mol. The zero-order valence-electron chi connectivity index (χ0n) is 12.7. The fraction of sp³-hybridized carbons (Fsp3) is 0.600. The van der Waals surface area contributed by atoms with Crippen molar-refractivity contribution in [2.45, 2.75) is 51.1 Å². The smallest absolute Gasteiger partial charge is 0.241 e. The number of hydrogen-bond donors (Lipinski definition) is 2. The van der Waals surface area contributed by atoms with Crippen LogP contribution in [0.25, 0.3) is 0 Å². The third kappa shape index (κ3) is 3.50. The Hall–Kier alpha value is -0.430. The molecule has 0 amide bonds. The Morgan fingerprint density at radius 3 is 2.52 bits per heavy atom. The lowest BCUT2D eigenvalue weighted by atomic mass is 9.98. The Morgan fingerprint density at radius 2 is 2.00 bits per heavy atom. The molecule has 4 nitrogen and oxygen atoms in total. The summed E-state index contributed by atoms with van der Waals surface area (Å²) in [5.74, 6) is 0.919. The zero-order chi connectivity index (χ0) is 15.8. The van der Waals surface area contributed by atoms with Crippen molar-refractivity contribution < 1.29 is 8.42 Å². The van der Waals surface area contributed by atoms with Gasteiger partial charge in [0, 0.05) is 17.1 Å². The van der Waals surface area contributed by atoms with Crippen molar-refractivity contribution in [1.29, 1.82) is 0 Å². The van der Waals surface area contributed by atoms with Gasteiger partial charge in [0.25, 0.3) is 0 Å². The molecule has 0 saturated heterocycles. The van der Waals surface area contributed by atoms with Gasteiger partial charge >= 0.3 is 0 Å². The summed E-state index contributed by atoms with van der Waals surface area (Å²) in [4.78, 5) is 0.323. The average molecular weight is 375 g/mol. The SMILES string of the molecule is Cc1c(Br)cc(CN)cc1S(=O)(=O)NC1CCC(C)C1C. The number of nitrogens with two attached hydrogens (primary N) is 1. The molecule has 0 aromatic heterocycles. The Kier molecular flexibility index (Phi) is 5.13. The highest BCUT2D eigenvalue weighted by Crippen LogP contribution is 2.33. The monoisotopic (exact) mass is 374 g/mol. The minimum absolute atomic E-state index is 0.0182. The highest BCUT2D eigenvalue weighted by Gasteiger charge is 2.33. The van der Waals surface area contributed by atoms with E-state index < -0.39 is 10.0 Å². The Morgan fingerprint density at radius 1 is 1.33 bits per heavy atom. The van der Waals surface area contributed by atoms with Crippen molar-refractivity contribution in [1.82, 2.24) is 4.72 Å². The molecule has 1 saturated carbocycles. The summed E-state index contributed by atoms with van der Waals surface area (Å²) in [6, 6.07) is 3.56. The summed E-state index contributed by atoms with van der Waals surface area (Å²) >= 11 is 3.42. The van der Waals surface area contributed by atoms with Crippen LogP contribution in [0.3, 0.4) is 0 Å². The number of benzene rings is 1. The standard InChI is InChI=1S/C15H23BrN2O2S/c1-9-4-5-14(10(9)2)18-21(19,20)15-7-12(8-17)6-13(16)11(15)3/h6-7,9-10,14,18H,4-5,8,17H2,1-3H3. The van der Waals surface area contributed by atoms with Crippen LogP contribution >= 0.6 is 15.9 Å². The quantitative estimate of drug-likeness (QED) is 0.850.